The summed E-state index contributed by atoms with van der Waals surface area (Å²) in [5, 5.41) is 0. The summed E-state index contributed by atoms with van der Waals surface area (Å²) in [5.74, 6) is 0. The molecule has 0 spiro atoms. The second-order valence-corrected chi connectivity index (χ2v) is 7.75. The van der Waals surface area contributed by atoms with Crippen LogP contribution in [0.25, 0.3) is 0 Å². The van der Waals surface area contributed by atoms with Crippen LogP contribution in [0.5, 0.6) is 0 Å². The summed E-state index contributed by atoms with van der Waals surface area (Å²) >= 11 is 0. The van der Waals surface area contributed by atoms with Gasteiger partial charge >= 0.3 is 0 Å². The predicted octanol–water partition coefficient (Wildman–Crippen LogP) is 6.58. The quantitative estimate of drug-likeness (QED) is 0.181. The van der Waals surface area contributed by atoms with Crippen molar-refractivity contribution < 1.29 is 9.47 Å². The van der Waals surface area contributed by atoms with Gasteiger partial charge in [-0.2, -0.15) is 0 Å². The number of epoxide rings is 2. The number of allylic oxidation sites excluding steroid dienone is 1. The maximum absolute atomic E-state index is 5.83. The second kappa shape index (κ2) is 12.1. The number of rotatable bonds is 16. The molecule has 0 aromatic heterocycles. The van der Waals surface area contributed by atoms with E-state index in [-0.39, 0.29) is 0 Å². The van der Waals surface area contributed by atoms with Crippen LogP contribution in [0.4, 0.5) is 0 Å². The van der Waals surface area contributed by atoms with Crippen molar-refractivity contribution in [1.82, 2.24) is 0 Å². The monoisotopic (exact) mass is 336 g/mol. The molecule has 24 heavy (non-hydrogen) atoms. The third-order valence-corrected chi connectivity index (χ3v) is 5.45. The van der Waals surface area contributed by atoms with Crippen LogP contribution in [0.1, 0.15) is 104 Å². The second-order valence-electron chi connectivity index (χ2n) is 7.75. The van der Waals surface area contributed by atoms with Gasteiger partial charge in [-0.3, -0.25) is 0 Å². The smallest absolute Gasteiger partial charge is 0.0877 e. The summed E-state index contributed by atoms with van der Waals surface area (Å²) in [7, 11) is 0. The molecule has 2 heterocycles. The molecule has 0 aromatic carbocycles. The first kappa shape index (κ1) is 20.0. The summed E-state index contributed by atoms with van der Waals surface area (Å²) < 4.78 is 11.6. The fourth-order valence-corrected chi connectivity index (χ4v) is 3.69. The topological polar surface area (TPSA) is 25.1 Å². The minimum absolute atomic E-state index is 0.481. The molecule has 0 N–H and O–H groups in total. The molecule has 0 amide bonds. The van der Waals surface area contributed by atoms with Crippen LogP contribution in [0.15, 0.2) is 12.2 Å². The van der Waals surface area contributed by atoms with Crippen molar-refractivity contribution in [1.29, 1.82) is 0 Å². The molecule has 2 aliphatic rings. The predicted molar refractivity (Wildman–Crippen MR) is 102 cm³/mol. The van der Waals surface area contributed by atoms with E-state index in [1.54, 1.807) is 0 Å². The van der Waals surface area contributed by atoms with Gasteiger partial charge in [-0.25, -0.2) is 0 Å². The van der Waals surface area contributed by atoms with Gasteiger partial charge in [0.25, 0.3) is 0 Å². The first-order chi connectivity index (χ1) is 11.8. The molecule has 0 radical (unpaired) electrons. The summed E-state index contributed by atoms with van der Waals surface area (Å²) in [5.41, 5.74) is 0. The lowest BCUT2D eigenvalue weighted by atomic mass is 10.0. The molecule has 2 heteroatoms. The molecule has 140 valence electrons. The lowest BCUT2D eigenvalue weighted by Crippen LogP contribution is -2.01. The fourth-order valence-electron chi connectivity index (χ4n) is 3.69. The van der Waals surface area contributed by atoms with Crippen molar-refractivity contribution in [2.24, 2.45) is 0 Å². The van der Waals surface area contributed by atoms with E-state index in [1.807, 2.05) is 0 Å². The largest absolute Gasteiger partial charge is 0.369 e. The molecule has 0 saturated carbocycles. The average molecular weight is 337 g/mol. The Morgan fingerprint density at radius 1 is 0.625 bits per heavy atom. The standard InChI is InChI=1S/C22H40O2/c1-3-5-7-8-9-10-11-12-13-15-17-20-22(24-20)18-21-19(23-21)16-14-6-4-2/h6,14,19-22H,3-5,7-13,15-18H2,1-2H3/b14-6-. The van der Waals surface area contributed by atoms with Crippen molar-refractivity contribution in [2.75, 3.05) is 0 Å². The molecule has 2 rings (SSSR count). The van der Waals surface area contributed by atoms with Gasteiger partial charge in [-0.15, -0.1) is 0 Å². The summed E-state index contributed by atoms with van der Waals surface area (Å²) in [6.45, 7) is 4.47. The van der Waals surface area contributed by atoms with Crippen molar-refractivity contribution in [3.63, 3.8) is 0 Å². The Labute approximate surface area is 150 Å². The highest BCUT2D eigenvalue weighted by molar-refractivity contribution is 4.98. The van der Waals surface area contributed by atoms with Gasteiger partial charge in [0.05, 0.1) is 24.4 Å². The maximum atomic E-state index is 5.83. The molecule has 2 aliphatic heterocycles. The zero-order valence-corrected chi connectivity index (χ0v) is 16.2. The minimum Gasteiger partial charge on any atom is -0.369 e. The SMILES string of the molecule is CC/C=C\CC1OC1CC1OC1CCCCCCCCCCCC. The van der Waals surface area contributed by atoms with Gasteiger partial charge in [0.1, 0.15) is 0 Å². The Kier molecular flexibility index (Phi) is 10.1. The van der Waals surface area contributed by atoms with Crippen molar-refractivity contribution in [3.05, 3.63) is 12.2 Å². The van der Waals surface area contributed by atoms with E-state index in [4.69, 9.17) is 9.47 Å². The van der Waals surface area contributed by atoms with Crippen LogP contribution in [0.2, 0.25) is 0 Å². The zero-order valence-electron chi connectivity index (χ0n) is 16.2. The first-order valence-corrected chi connectivity index (χ1v) is 10.8. The van der Waals surface area contributed by atoms with Crippen LogP contribution < -0.4 is 0 Å². The van der Waals surface area contributed by atoms with Gasteiger partial charge in [-0.05, 0) is 19.3 Å². The van der Waals surface area contributed by atoms with Crippen LogP contribution in [-0.4, -0.2) is 24.4 Å². The third kappa shape index (κ3) is 8.67. The summed E-state index contributed by atoms with van der Waals surface area (Å²) in [4.78, 5) is 0. The summed E-state index contributed by atoms with van der Waals surface area (Å²) in [6.07, 6.45) is 25.3. The Balaban J connectivity index is 1.32. The molecule has 2 saturated heterocycles. The summed E-state index contributed by atoms with van der Waals surface area (Å²) in [6, 6.07) is 0. The van der Waals surface area contributed by atoms with Gasteiger partial charge in [0, 0.05) is 6.42 Å². The highest BCUT2D eigenvalue weighted by Crippen LogP contribution is 2.38. The first-order valence-electron chi connectivity index (χ1n) is 10.8. The lowest BCUT2D eigenvalue weighted by molar-refractivity contribution is 0.320. The number of ether oxygens (including phenoxy) is 2. The Bertz CT molecular complexity index is 339. The molecule has 2 nitrogen and oxygen atoms in total. The van der Waals surface area contributed by atoms with Gasteiger partial charge in [-0.1, -0.05) is 90.2 Å². The maximum Gasteiger partial charge on any atom is 0.0877 e. The van der Waals surface area contributed by atoms with E-state index in [0.29, 0.717) is 24.4 Å². The lowest BCUT2D eigenvalue weighted by Gasteiger charge is -2.01. The average Bonchev–Trinajstić information content (AvgIpc) is 3.49. The molecule has 0 aromatic rings. The molecular weight excluding hydrogens is 296 g/mol. The van der Waals surface area contributed by atoms with E-state index in [9.17, 15) is 0 Å². The van der Waals surface area contributed by atoms with E-state index >= 15 is 0 Å². The van der Waals surface area contributed by atoms with Crippen LogP contribution >= 0.6 is 0 Å². The van der Waals surface area contributed by atoms with E-state index in [2.05, 4.69) is 26.0 Å². The van der Waals surface area contributed by atoms with Gasteiger partial charge in [0.2, 0.25) is 0 Å². The van der Waals surface area contributed by atoms with E-state index < -0.39 is 0 Å². The van der Waals surface area contributed by atoms with E-state index in [1.165, 1.54) is 70.6 Å². The molecule has 0 bridgehead atoms. The van der Waals surface area contributed by atoms with Crippen molar-refractivity contribution in [2.45, 2.75) is 128 Å². The van der Waals surface area contributed by atoms with Crippen LogP contribution in [0, 0.1) is 0 Å². The number of unbranched alkanes of at least 4 members (excludes halogenated alkanes) is 9. The minimum atomic E-state index is 0.481. The normalized spacial score (nSPS) is 28.6. The molecular formula is C22H40O2. The van der Waals surface area contributed by atoms with Crippen LogP contribution in [-0.2, 0) is 9.47 Å². The number of hydrogen-bond acceptors (Lipinski definition) is 2. The third-order valence-electron chi connectivity index (χ3n) is 5.45. The van der Waals surface area contributed by atoms with E-state index in [0.717, 1.165) is 19.3 Å². The van der Waals surface area contributed by atoms with Gasteiger partial charge < -0.3 is 9.47 Å². The van der Waals surface area contributed by atoms with Crippen LogP contribution in [0.3, 0.4) is 0 Å². The molecule has 2 fully saturated rings. The Hall–Kier alpha value is -0.340. The molecule has 4 unspecified atom stereocenters. The Morgan fingerprint density at radius 3 is 1.88 bits per heavy atom. The highest BCUT2D eigenvalue weighted by atomic mass is 16.6. The van der Waals surface area contributed by atoms with Crippen molar-refractivity contribution in [3.8, 4) is 0 Å². The molecule has 4 atom stereocenters. The van der Waals surface area contributed by atoms with Crippen molar-refractivity contribution >= 4 is 0 Å². The number of hydrogen-bond donors (Lipinski definition) is 0. The highest BCUT2D eigenvalue weighted by Gasteiger charge is 2.47. The molecule has 0 aliphatic carbocycles. The zero-order chi connectivity index (χ0) is 17.0. The van der Waals surface area contributed by atoms with Gasteiger partial charge in [0.15, 0.2) is 0 Å². The fraction of sp³-hybridized carbons (Fsp3) is 0.909. The Morgan fingerprint density at radius 2 is 1.21 bits per heavy atom.